The number of likely N-dealkylation sites (tertiary alicyclic amines) is 1. The van der Waals surface area contributed by atoms with Crippen LogP contribution in [-0.4, -0.2) is 41.2 Å². The second-order valence-corrected chi connectivity index (χ2v) is 6.59. The molecule has 0 bridgehead atoms. The summed E-state index contributed by atoms with van der Waals surface area (Å²) in [6.45, 7) is 9.83. The minimum atomic E-state index is 0. The van der Waals surface area contributed by atoms with Crippen molar-refractivity contribution in [3.05, 3.63) is 11.7 Å². The predicted octanol–water partition coefficient (Wildman–Crippen LogP) is 1.88. The molecule has 0 aromatic carbocycles. The molecule has 2 aliphatic rings. The van der Waals surface area contributed by atoms with Gasteiger partial charge in [-0.05, 0) is 37.3 Å². The smallest absolute Gasteiger partial charge is 0.240 e. The van der Waals surface area contributed by atoms with Crippen LogP contribution in [0.5, 0.6) is 0 Å². The van der Waals surface area contributed by atoms with Crippen LogP contribution < -0.4 is 5.32 Å². The number of hydrogen-bond donors (Lipinski definition) is 1. The molecule has 0 aliphatic carbocycles. The number of nitrogens with zero attached hydrogens (tertiary/aromatic N) is 3. The largest absolute Gasteiger partial charge is 0.338 e. The zero-order chi connectivity index (χ0) is 13.3. The molecule has 2 aliphatic heterocycles. The lowest BCUT2D eigenvalue weighted by Gasteiger charge is -2.21. The summed E-state index contributed by atoms with van der Waals surface area (Å²) in [6, 6.07) is 0. The van der Waals surface area contributed by atoms with E-state index in [9.17, 15) is 0 Å². The molecule has 114 valence electrons. The van der Waals surface area contributed by atoms with Crippen molar-refractivity contribution < 1.29 is 4.52 Å². The van der Waals surface area contributed by atoms with Gasteiger partial charge in [0.15, 0.2) is 5.82 Å². The predicted molar refractivity (Wildman–Crippen MR) is 79.9 cm³/mol. The van der Waals surface area contributed by atoms with Crippen LogP contribution in [0.25, 0.3) is 0 Å². The molecule has 1 N–H and O–H groups in total. The lowest BCUT2D eigenvalue weighted by atomic mass is 9.87. The zero-order valence-electron chi connectivity index (χ0n) is 12.4. The van der Waals surface area contributed by atoms with Crippen LogP contribution in [0.2, 0.25) is 0 Å². The molecule has 2 fully saturated rings. The van der Waals surface area contributed by atoms with Gasteiger partial charge in [0.1, 0.15) is 0 Å². The average Bonchev–Trinajstić information content (AvgIpc) is 3.04. The molecule has 1 atom stereocenters. The third-order valence-electron chi connectivity index (χ3n) is 4.31. The summed E-state index contributed by atoms with van der Waals surface area (Å²) in [4.78, 5) is 6.95. The summed E-state index contributed by atoms with van der Waals surface area (Å²) in [7, 11) is 0. The Labute approximate surface area is 126 Å². The maximum Gasteiger partial charge on any atom is 0.240 e. The van der Waals surface area contributed by atoms with Gasteiger partial charge >= 0.3 is 0 Å². The maximum absolute atomic E-state index is 5.36. The monoisotopic (exact) mass is 300 g/mol. The van der Waals surface area contributed by atoms with Gasteiger partial charge in [0.25, 0.3) is 0 Å². The highest BCUT2D eigenvalue weighted by atomic mass is 35.5. The standard InChI is InChI=1S/C14H24N4O.ClH/c1-11(2)7-12-16-13(19-17-12)8-18-6-4-14(10-18)3-5-15-9-14;/h11,15H,3-10H2,1-2H3;1H. The molecular weight excluding hydrogens is 276 g/mol. The first-order chi connectivity index (χ1) is 9.15. The molecule has 1 unspecified atom stereocenters. The van der Waals surface area contributed by atoms with Gasteiger partial charge in [0.05, 0.1) is 6.54 Å². The van der Waals surface area contributed by atoms with Gasteiger partial charge < -0.3 is 9.84 Å². The van der Waals surface area contributed by atoms with Crippen molar-refractivity contribution in [2.45, 2.75) is 39.7 Å². The van der Waals surface area contributed by atoms with E-state index in [2.05, 4.69) is 34.2 Å². The second kappa shape index (κ2) is 6.41. The molecule has 1 aromatic rings. The highest BCUT2D eigenvalue weighted by Crippen LogP contribution is 2.36. The molecule has 0 amide bonds. The van der Waals surface area contributed by atoms with E-state index in [1.165, 1.54) is 32.5 Å². The van der Waals surface area contributed by atoms with E-state index >= 15 is 0 Å². The normalized spacial score (nSPS) is 26.6. The fraction of sp³-hybridized carbons (Fsp3) is 0.857. The van der Waals surface area contributed by atoms with E-state index < -0.39 is 0 Å². The fourth-order valence-corrected chi connectivity index (χ4v) is 3.30. The third kappa shape index (κ3) is 3.51. The number of nitrogens with one attached hydrogen (secondary N) is 1. The summed E-state index contributed by atoms with van der Waals surface area (Å²) in [6.07, 6.45) is 3.51. The molecule has 1 aromatic heterocycles. The fourth-order valence-electron chi connectivity index (χ4n) is 3.30. The van der Waals surface area contributed by atoms with Gasteiger partial charge in [-0.2, -0.15) is 4.98 Å². The van der Waals surface area contributed by atoms with Crippen LogP contribution >= 0.6 is 12.4 Å². The van der Waals surface area contributed by atoms with E-state index in [4.69, 9.17) is 4.52 Å². The van der Waals surface area contributed by atoms with Gasteiger partial charge in [0, 0.05) is 19.5 Å². The average molecular weight is 301 g/mol. The highest BCUT2D eigenvalue weighted by Gasteiger charge is 2.40. The molecule has 3 rings (SSSR count). The molecule has 0 saturated carbocycles. The second-order valence-electron chi connectivity index (χ2n) is 6.59. The van der Waals surface area contributed by atoms with E-state index in [-0.39, 0.29) is 12.4 Å². The molecule has 5 nitrogen and oxygen atoms in total. The van der Waals surface area contributed by atoms with Crippen molar-refractivity contribution in [1.29, 1.82) is 0 Å². The first-order valence-corrected chi connectivity index (χ1v) is 7.40. The summed E-state index contributed by atoms with van der Waals surface area (Å²) < 4.78 is 5.36. The van der Waals surface area contributed by atoms with Crippen LogP contribution in [0, 0.1) is 11.3 Å². The molecule has 0 radical (unpaired) electrons. The van der Waals surface area contributed by atoms with E-state index in [0.29, 0.717) is 11.3 Å². The zero-order valence-corrected chi connectivity index (χ0v) is 13.2. The van der Waals surface area contributed by atoms with Crippen LogP contribution in [0.1, 0.15) is 38.4 Å². The van der Waals surface area contributed by atoms with Gasteiger partial charge in [-0.1, -0.05) is 19.0 Å². The number of hydrogen-bond acceptors (Lipinski definition) is 5. The Morgan fingerprint density at radius 2 is 2.25 bits per heavy atom. The molecule has 1 spiro atoms. The maximum atomic E-state index is 5.36. The quantitative estimate of drug-likeness (QED) is 0.920. The molecular formula is C14H25ClN4O. The van der Waals surface area contributed by atoms with Crippen molar-refractivity contribution in [3.8, 4) is 0 Å². The number of rotatable bonds is 4. The van der Waals surface area contributed by atoms with E-state index in [0.717, 1.165) is 31.2 Å². The molecule has 20 heavy (non-hydrogen) atoms. The Kier molecular flexibility index (Phi) is 5.04. The lowest BCUT2D eigenvalue weighted by molar-refractivity contribution is 0.235. The van der Waals surface area contributed by atoms with Crippen molar-refractivity contribution in [2.75, 3.05) is 26.2 Å². The summed E-state index contributed by atoms with van der Waals surface area (Å²) in [5.41, 5.74) is 0.515. The van der Waals surface area contributed by atoms with Crippen molar-refractivity contribution in [1.82, 2.24) is 20.4 Å². The first kappa shape index (κ1) is 15.7. The van der Waals surface area contributed by atoms with E-state index in [1.54, 1.807) is 0 Å². The Morgan fingerprint density at radius 1 is 1.40 bits per heavy atom. The Morgan fingerprint density at radius 3 is 2.95 bits per heavy atom. The summed E-state index contributed by atoms with van der Waals surface area (Å²) in [5, 5.41) is 7.55. The Hall–Kier alpha value is -0.650. The highest BCUT2D eigenvalue weighted by molar-refractivity contribution is 5.85. The van der Waals surface area contributed by atoms with Gasteiger partial charge in [-0.25, -0.2) is 0 Å². The molecule has 2 saturated heterocycles. The number of halogens is 1. The molecule has 6 heteroatoms. The Bertz CT molecular complexity index is 429. The van der Waals surface area contributed by atoms with Gasteiger partial charge in [0.2, 0.25) is 5.89 Å². The van der Waals surface area contributed by atoms with Gasteiger partial charge in [-0.3, -0.25) is 4.90 Å². The SMILES string of the molecule is CC(C)Cc1noc(CN2CCC3(CCNC3)C2)n1.Cl. The van der Waals surface area contributed by atoms with Crippen molar-refractivity contribution in [2.24, 2.45) is 11.3 Å². The van der Waals surface area contributed by atoms with Crippen LogP contribution in [0.3, 0.4) is 0 Å². The van der Waals surface area contributed by atoms with Crippen molar-refractivity contribution >= 4 is 12.4 Å². The Balaban J connectivity index is 0.00000147. The topological polar surface area (TPSA) is 54.2 Å². The van der Waals surface area contributed by atoms with Crippen LogP contribution in [0.4, 0.5) is 0 Å². The minimum absolute atomic E-state index is 0. The van der Waals surface area contributed by atoms with E-state index in [1.807, 2.05) is 0 Å². The molecule has 3 heterocycles. The van der Waals surface area contributed by atoms with Crippen LogP contribution in [0.15, 0.2) is 4.52 Å². The third-order valence-corrected chi connectivity index (χ3v) is 4.31. The lowest BCUT2D eigenvalue weighted by Crippen LogP contribution is -2.29. The van der Waals surface area contributed by atoms with Gasteiger partial charge in [-0.15, -0.1) is 12.4 Å². The minimum Gasteiger partial charge on any atom is -0.338 e. The number of aromatic nitrogens is 2. The van der Waals surface area contributed by atoms with Crippen molar-refractivity contribution in [3.63, 3.8) is 0 Å². The first-order valence-electron chi connectivity index (χ1n) is 7.40. The summed E-state index contributed by atoms with van der Waals surface area (Å²) in [5.74, 6) is 2.20. The summed E-state index contributed by atoms with van der Waals surface area (Å²) >= 11 is 0. The van der Waals surface area contributed by atoms with Crippen LogP contribution in [-0.2, 0) is 13.0 Å².